The lowest BCUT2D eigenvalue weighted by molar-refractivity contribution is -0.144. The second-order valence-electron chi connectivity index (χ2n) is 7.54. The fourth-order valence-electron chi connectivity index (χ4n) is 5.06. The number of hydrogen-bond acceptors (Lipinski definition) is 3. The maximum Gasteiger partial charge on any atom is 0.270 e. The van der Waals surface area contributed by atoms with Crippen LogP contribution in [-0.4, -0.2) is 22.7 Å². The summed E-state index contributed by atoms with van der Waals surface area (Å²) in [5.74, 6) is -1.13. The lowest BCUT2D eigenvalue weighted by atomic mass is 9.85. The third-order valence-electron chi connectivity index (χ3n) is 6.38. The maximum absolute atomic E-state index is 12.8. The lowest BCUT2D eigenvalue weighted by Gasteiger charge is -2.22. The minimum Gasteiger partial charge on any atom is -0.272 e. The lowest BCUT2D eigenvalue weighted by Crippen LogP contribution is -2.47. The molecule has 4 atom stereocenters. The van der Waals surface area contributed by atoms with Gasteiger partial charge >= 0.3 is 0 Å². The number of nitrogens with zero attached hydrogens (tertiary/aromatic N) is 1. The van der Waals surface area contributed by atoms with Crippen molar-refractivity contribution >= 4 is 17.7 Å². The molecule has 3 aliphatic carbocycles. The van der Waals surface area contributed by atoms with Crippen LogP contribution in [-0.2, 0) is 9.59 Å². The quantitative estimate of drug-likeness (QED) is 0.667. The predicted octanol–water partition coefficient (Wildman–Crippen LogP) is 1.84. The Hall–Kier alpha value is -2.43. The molecule has 3 fully saturated rings. The molecule has 3 amide bonds. The van der Waals surface area contributed by atoms with Crippen molar-refractivity contribution in [2.45, 2.75) is 19.8 Å². The van der Waals surface area contributed by atoms with Crippen LogP contribution in [0.4, 0.5) is 0 Å². The van der Waals surface area contributed by atoms with Crippen LogP contribution in [0.15, 0.2) is 36.4 Å². The molecule has 1 N–H and O–H groups in total. The first kappa shape index (κ1) is 14.0. The van der Waals surface area contributed by atoms with Crippen LogP contribution in [0, 0.1) is 36.0 Å². The molecule has 122 valence electrons. The van der Waals surface area contributed by atoms with E-state index in [1.807, 2.05) is 19.1 Å². The fourth-order valence-corrected chi connectivity index (χ4v) is 5.06. The average molecular weight is 322 g/mol. The van der Waals surface area contributed by atoms with E-state index in [-0.39, 0.29) is 40.9 Å². The summed E-state index contributed by atoms with van der Waals surface area (Å²) in [6, 6.07) is 7.05. The number of nitrogens with one attached hydrogen (secondary N) is 1. The highest BCUT2D eigenvalue weighted by atomic mass is 16.2. The van der Waals surface area contributed by atoms with E-state index in [9.17, 15) is 14.4 Å². The molecule has 2 bridgehead atoms. The summed E-state index contributed by atoms with van der Waals surface area (Å²) in [7, 11) is 0. The smallest absolute Gasteiger partial charge is 0.270 e. The van der Waals surface area contributed by atoms with Crippen molar-refractivity contribution in [2.75, 3.05) is 0 Å². The van der Waals surface area contributed by atoms with Gasteiger partial charge in [0.15, 0.2) is 0 Å². The zero-order chi connectivity index (χ0) is 16.6. The molecular formula is C19H18N2O3. The first-order valence-electron chi connectivity index (χ1n) is 8.47. The Morgan fingerprint density at radius 1 is 1.04 bits per heavy atom. The zero-order valence-electron chi connectivity index (χ0n) is 13.4. The van der Waals surface area contributed by atoms with Crippen molar-refractivity contribution in [3.63, 3.8) is 0 Å². The molecule has 2 saturated carbocycles. The molecular weight excluding hydrogens is 304 g/mol. The number of amides is 3. The molecule has 5 rings (SSSR count). The molecule has 24 heavy (non-hydrogen) atoms. The number of imide groups is 1. The number of hydrazine groups is 1. The highest BCUT2D eigenvalue weighted by molar-refractivity contribution is 6.09. The third-order valence-corrected chi connectivity index (χ3v) is 6.38. The van der Waals surface area contributed by atoms with E-state index in [1.54, 1.807) is 12.1 Å². The van der Waals surface area contributed by atoms with Gasteiger partial charge in [-0.1, -0.05) is 29.8 Å². The van der Waals surface area contributed by atoms with Crippen LogP contribution in [0.3, 0.4) is 0 Å². The summed E-state index contributed by atoms with van der Waals surface area (Å²) in [5, 5.41) is 0.972. The van der Waals surface area contributed by atoms with E-state index in [0.717, 1.165) is 23.4 Å². The Balaban J connectivity index is 1.39. The summed E-state index contributed by atoms with van der Waals surface area (Å²) < 4.78 is 0. The van der Waals surface area contributed by atoms with Gasteiger partial charge in [0.25, 0.3) is 17.7 Å². The minimum absolute atomic E-state index is 0.172. The van der Waals surface area contributed by atoms with Crippen molar-refractivity contribution in [1.29, 1.82) is 0 Å². The van der Waals surface area contributed by atoms with Gasteiger partial charge in [-0.15, -0.1) is 0 Å². The second kappa shape index (κ2) is 4.35. The number of carbonyl (C=O) groups is 3. The van der Waals surface area contributed by atoms with E-state index in [1.165, 1.54) is 0 Å². The van der Waals surface area contributed by atoms with E-state index >= 15 is 0 Å². The van der Waals surface area contributed by atoms with Gasteiger partial charge in [-0.05, 0) is 49.1 Å². The SMILES string of the molecule is Cc1ccc(C(=O)NN2C(=O)C3C4C=CC([C@H]3C2=O)C42CC2)cc1. The topological polar surface area (TPSA) is 66.5 Å². The number of hydrogen-bond donors (Lipinski definition) is 1. The Labute approximate surface area is 139 Å². The monoisotopic (exact) mass is 322 g/mol. The molecule has 1 aliphatic heterocycles. The molecule has 0 aromatic heterocycles. The van der Waals surface area contributed by atoms with Gasteiger partial charge in [0.2, 0.25) is 0 Å². The van der Waals surface area contributed by atoms with Crippen molar-refractivity contribution in [3.8, 4) is 0 Å². The number of aryl methyl sites for hydroxylation is 1. The van der Waals surface area contributed by atoms with Crippen molar-refractivity contribution in [2.24, 2.45) is 29.1 Å². The van der Waals surface area contributed by atoms with Gasteiger partial charge in [-0.2, -0.15) is 5.01 Å². The van der Waals surface area contributed by atoms with Crippen LogP contribution in [0.25, 0.3) is 0 Å². The van der Waals surface area contributed by atoms with Gasteiger partial charge in [-0.25, -0.2) is 0 Å². The first-order valence-corrected chi connectivity index (χ1v) is 8.47. The molecule has 3 unspecified atom stereocenters. The number of carbonyl (C=O) groups excluding carboxylic acids is 3. The molecule has 5 heteroatoms. The standard InChI is InChI=1S/C19H18N2O3/c1-10-2-4-11(5-3-10)16(22)20-21-17(23)14-12-6-7-13(15(14)18(21)24)19(12)8-9-19/h2-7,12-15H,8-9H2,1H3,(H,20,22)/t12?,13?,14-,15?/m1/s1. The molecule has 5 nitrogen and oxygen atoms in total. The molecule has 1 aromatic rings. The normalized spacial score (nSPS) is 34.1. The van der Waals surface area contributed by atoms with Crippen LogP contribution < -0.4 is 5.43 Å². The number of benzene rings is 1. The average Bonchev–Trinajstić information content (AvgIpc) is 3.18. The summed E-state index contributed by atoms with van der Waals surface area (Å²) in [5.41, 5.74) is 4.19. The molecule has 4 aliphatic rings. The minimum atomic E-state index is -0.418. The van der Waals surface area contributed by atoms with Crippen molar-refractivity contribution in [1.82, 2.24) is 10.4 Å². The summed E-state index contributed by atoms with van der Waals surface area (Å²) >= 11 is 0. The van der Waals surface area contributed by atoms with Crippen LogP contribution in [0.1, 0.15) is 28.8 Å². The molecule has 1 saturated heterocycles. The molecule has 1 heterocycles. The summed E-state index contributed by atoms with van der Waals surface area (Å²) in [6.07, 6.45) is 6.46. The number of allylic oxidation sites excluding steroid dienone is 2. The van der Waals surface area contributed by atoms with Gasteiger partial charge in [-0.3, -0.25) is 19.8 Å². The zero-order valence-corrected chi connectivity index (χ0v) is 13.4. The predicted molar refractivity (Wildman–Crippen MR) is 85.3 cm³/mol. The van der Waals surface area contributed by atoms with Crippen molar-refractivity contribution < 1.29 is 14.4 Å². The van der Waals surface area contributed by atoms with Gasteiger partial charge < -0.3 is 0 Å². The highest BCUT2D eigenvalue weighted by Gasteiger charge is 2.73. The first-order chi connectivity index (χ1) is 11.5. The van der Waals surface area contributed by atoms with E-state index in [4.69, 9.17) is 0 Å². The third kappa shape index (κ3) is 1.57. The van der Waals surface area contributed by atoms with E-state index in [0.29, 0.717) is 5.56 Å². The van der Waals surface area contributed by atoms with Crippen LogP contribution in [0.5, 0.6) is 0 Å². The largest absolute Gasteiger partial charge is 0.272 e. The van der Waals surface area contributed by atoms with Crippen LogP contribution >= 0.6 is 0 Å². The van der Waals surface area contributed by atoms with E-state index < -0.39 is 5.91 Å². The second-order valence-corrected chi connectivity index (χ2v) is 7.54. The van der Waals surface area contributed by atoms with Gasteiger partial charge in [0.05, 0.1) is 11.8 Å². The highest BCUT2D eigenvalue weighted by Crippen LogP contribution is 2.73. The summed E-state index contributed by atoms with van der Waals surface area (Å²) in [4.78, 5) is 37.9. The van der Waals surface area contributed by atoms with E-state index in [2.05, 4.69) is 17.6 Å². The Bertz CT molecular complexity index is 772. The van der Waals surface area contributed by atoms with Crippen LogP contribution in [0.2, 0.25) is 0 Å². The molecule has 0 radical (unpaired) electrons. The maximum atomic E-state index is 12.8. The van der Waals surface area contributed by atoms with Crippen molar-refractivity contribution in [3.05, 3.63) is 47.5 Å². The summed E-state index contributed by atoms with van der Waals surface area (Å²) in [6.45, 7) is 1.94. The Kier molecular flexibility index (Phi) is 2.53. The number of rotatable bonds is 2. The van der Waals surface area contributed by atoms with Gasteiger partial charge in [0.1, 0.15) is 0 Å². The molecule has 1 spiro atoms. The van der Waals surface area contributed by atoms with Gasteiger partial charge in [0, 0.05) is 5.56 Å². The molecule has 1 aromatic carbocycles. The Morgan fingerprint density at radius 3 is 2.08 bits per heavy atom. The number of fused-ring (bicyclic) bond motifs is 3. The Morgan fingerprint density at radius 2 is 1.58 bits per heavy atom. The fraction of sp³-hybridized carbons (Fsp3) is 0.421.